The van der Waals surface area contributed by atoms with Crippen molar-refractivity contribution in [1.82, 2.24) is 19.8 Å². The molecule has 33 heavy (non-hydrogen) atoms. The number of rotatable bonds is 4. The molecule has 0 radical (unpaired) electrons. The van der Waals surface area contributed by atoms with Crippen molar-refractivity contribution in [2.75, 3.05) is 37.6 Å². The smallest absolute Gasteiger partial charge is 0.237 e. The molecule has 3 aromatic rings. The number of hydrogen-bond acceptors (Lipinski definition) is 6. The van der Waals surface area contributed by atoms with Gasteiger partial charge in [-0.3, -0.25) is 9.69 Å². The number of anilines is 1. The summed E-state index contributed by atoms with van der Waals surface area (Å²) < 4.78 is 14.5. The van der Waals surface area contributed by atoms with Gasteiger partial charge in [0, 0.05) is 43.0 Å². The average Bonchev–Trinajstić information content (AvgIpc) is 3.30. The molecule has 4 heterocycles. The number of piperazine rings is 1. The van der Waals surface area contributed by atoms with Gasteiger partial charge in [0.15, 0.2) is 5.82 Å². The van der Waals surface area contributed by atoms with Crippen LogP contribution < -0.4 is 4.90 Å². The van der Waals surface area contributed by atoms with Crippen molar-refractivity contribution < 1.29 is 9.18 Å². The number of halogens is 1. The molecular weight excluding hydrogens is 437 g/mol. The van der Waals surface area contributed by atoms with Gasteiger partial charge in [0.2, 0.25) is 11.9 Å². The first-order valence-corrected chi connectivity index (χ1v) is 12.3. The summed E-state index contributed by atoms with van der Waals surface area (Å²) in [5.41, 5.74) is 2.58. The Bertz CT molecular complexity index is 1170. The standard InChI is InChI=1S/C25H28FN5OS/c1-17-14-30(25-27-12-22(26)13-28-25)15-18(2)31(17)16-24(32)29-8-5-19(6-9-29)20-3-4-23-21(11-20)7-10-33-23/h3-5,7,10-13,17-18H,6,8-9,14-16H2,1-2H3. The second-order valence-corrected chi connectivity index (χ2v) is 9.92. The van der Waals surface area contributed by atoms with E-state index >= 15 is 0 Å². The van der Waals surface area contributed by atoms with Crippen molar-refractivity contribution in [2.45, 2.75) is 32.4 Å². The van der Waals surface area contributed by atoms with Crippen LogP contribution in [0.2, 0.25) is 0 Å². The molecule has 2 aliphatic heterocycles. The Morgan fingerprint density at radius 1 is 1.15 bits per heavy atom. The summed E-state index contributed by atoms with van der Waals surface area (Å²) in [6.07, 6.45) is 5.47. The van der Waals surface area contributed by atoms with Gasteiger partial charge in [-0.15, -0.1) is 11.3 Å². The molecule has 0 bridgehead atoms. The molecule has 1 aromatic carbocycles. The van der Waals surface area contributed by atoms with E-state index in [0.717, 1.165) is 13.0 Å². The maximum Gasteiger partial charge on any atom is 0.237 e. The van der Waals surface area contributed by atoms with E-state index in [1.54, 1.807) is 11.3 Å². The van der Waals surface area contributed by atoms with Gasteiger partial charge in [0.1, 0.15) is 0 Å². The molecule has 0 spiro atoms. The van der Waals surface area contributed by atoms with Gasteiger partial charge < -0.3 is 9.80 Å². The highest BCUT2D eigenvalue weighted by atomic mass is 32.1. The highest BCUT2D eigenvalue weighted by Crippen LogP contribution is 2.28. The van der Waals surface area contributed by atoms with E-state index in [1.165, 1.54) is 33.6 Å². The molecule has 2 aliphatic rings. The van der Waals surface area contributed by atoms with Crippen LogP contribution in [-0.4, -0.2) is 70.5 Å². The van der Waals surface area contributed by atoms with Crippen LogP contribution in [0.4, 0.5) is 10.3 Å². The Morgan fingerprint density at radius 3 is 2.61 bits per heavy atom. The highest BCUT2D eigenvalue weighted by molar-refractivity contribution is 7.17. The third-order valence-electron chi connectivity index (χ3n) is 6.69. The Balaban J connectivity index is 1.19. The Kier molecular flexibility index (Phi) is 6.12. The monoisotopic (exact) mass is 465 g/mol. The quantitative estimate of drug-likeness (QED) is 0.582. The largest absolute Gasteiger partial charge is 0.338 e. The minimum atomic E-state index is -0.435. The first kappa shape index (κ1) is 22.0. The first-order valence-electron chi connectivity index (χ1n) is 11.4. The second-order valence-electron chi connectivity index (χ2n) is 8.97. The number of aromatic nitrogens is 2. The van der Waals surface area contributed by atoms with Gasteiger partial charge in [0.25, 0.3) is 0 Å². The molecule has 2 aromatic heterocycles. The van der Waals surface area contributed by atoms with Crippen molar-refractivity contribution in [2.24, 2.45) is 0 Å². The first-order chi connectivity index (χ1) is 16.0. The van der Waals surface area contributed by atoms with Gasteiger partial charge in [-0.1, -0.05) is 12.1 Å². The second kappa shape index (κ2) is 9.19. The van der Waals surface area contributed by atoms with Crippen LogP contribution in [0.3, 0.4) is 0 Å². The Labute approximate surface area is 197 Å². The fourth-order valence-corrected chi connectivity index (χ4v) is 5.65. The summed E-state index contributed by atoms with van der Waals surface area (Å²) in [6, 6.07) is 9.12. The number of benzene rings is 1. The molecule has 2 atom stereocenters. The van der Waals surface area contributed by atoms with Crippen molar-refractivity contribution in [3.63, 3.8) is 0 Å². The third kappa shape index (κ3) is 4.63. The number of hydrogen-bond donors (Lipinski definition) is 0. The number of amides is 1. The number of thiophene rings is 1. The summed E-state index contributed by atoms with van der Waals surface area (Å²) in [5.74, 6) is 0.272. The summed E-state index contributed by atoms with van der Waals surface area (Å²) in [6.45, 7) is 7.46. The molecule has 0 N–H and O–H groups in total. The lowest BCUT2D eigenvalue weighted by molar-refractivity contribution is -0.133. The molecule has 1 fully saturated rings. The molecule has 172 valence electrons. The van der Waals surface area contributed by atoms with Gasteiger partial charge >= 0.3 is 0 Å². The lowest BCUT2D eigenvalue weighted by atomic mass is 9.98. The van der Waals surface area contributed by atoms with Crippen LogP contribution in [0.15, 0.2) is 48.1 Å². The highest BCUT2D eigenvalue weighted by Gasteiger charge is 2.33. The summed E-state index contributed by atoms with van der Waals surface area (Å²) in [5, 5.41) is 3.41. The molecule has 1 saturated heterocycles. The zero-order valence-corrected chi connectivity index (χ0v) is 19.8. The van der Waals surface area contributed by atoms with Crippen molar-refractivity contribution >= 4 is 38.9 Å². The van der Waals surface area contributed by atoms with Crippen LogP contribution in [0, 0.1) is 5.82 Å². The topological polar surface area (TPSA) is 52.6 Å². The number of fused-ring (bicyclic) bond motifs is 1. The maximum atomic E-state index is 13.2. The van der Waals surface area contributed by atoms with Crippen LogP contribution in [-0.2, 0) is 4.79 Å². The maximum absolute atomic E-state index is 13.2. The molecule has 6 nitrogen and oxygen atoms in total. The fourth-order valence-electron chi connectivity index (χ4n) is 4.88. The number of nitrogens with zero attached hydrogens (tertiary/aromatic N) is 5. The van der Waals surface area contributed by atoms with Gasteiger partial charge in [0.05, 0.1) is 18.9 Å². The number of carbonyl (C=O) groups excluding carboxylic acids is 1. The van der Waals surface area contributed by atoms with E-state index in [-0.39, 0.29) is 18.0 Å². The predicted molar refractivity (Wildman–Crippen MR) is 131 cm³/mol. The van der Waals surface area contributed by atoms with E-state index in [4.69, 9.17) is 0 Å². The lowest BCUT2D eigenvalue weighted by Gasteiger charge is -2.44. The van der Waals surface area contributed by atoms with E-state index in [0.29, 0.717) is 32.1 Å². The van der Waals surface area contributed by atoms with E-state index in [9.17, 15) is 9.18 Å². The van der Waals surface area contributed by atoms with E-state index in [2.05, 4.69) is 69.3 Å². The van der Waals surface area contributed by atoms with Crippen LogP contribution >= 0.6 is 11.3 Å². The molecule has 5 rings (SSSR count). The van der Waals surface area contributed by atoms with Crippen LogP contribution in [0.5, 0.6) is 0 Å². The fraction of sp³-hybridized carbons (Fsp3) is 0.400. The van der Waals surface area contributed by atoms with Crippen molar-refractivity contribution in [1.29, 1.82) is 0 Å². The molecular formula is C25H28FN5OS. The Hall–Kier alpha value is -2.84. The third-order valence-corrected chi connectivity index (χ3v) is 7.59. The van der Waals surface area contributed by atoms with E-state index in [1.807, 2.05) is 4.90 Å². The van der Waals surface area contributed by atoms with Crippen LogP contribution in [0.1, 0.15) is 25.8 Å². The molecule has 0 saturated carbocycles. The summed E-state index contributed by atoms with van der Waals surface area (Å²) in [7, 11) is 0. The predicted octanol–water partition coefficient (Wildman–Crippen LogP) is 4.05. The Morgan fingerprint density at radius 2 is 1.91 bits per heavy atom. The zero-order valence-electron chi connectivity index (χ0n) is 18.9. The van der Waals surface area contributed by atoms with Gasteiger partial charge in [-0.05, 0) is 60.4 Å². The number of carbonyl (C=O) groups is 1. The molecule has 1 amide bonds. The average molecular weight is 466 g/mol. The van der Waals surface area contributed by atoms with Gasteiger partial charge in [-0.2, -0.15) is 0 Å². The SMILES string of the molecule is CC1CN(c2ncc(F)cn2)CC(C)N1CC(=O)N1CC=C(c2ccc3sccc3c2)CC1. The minimum Gasteiger partial charge on any atom is -0.338 e. The summed E-state index contributed by atoms with van der Waals surface area (Å²) >= 11 is 1.76. The summed E-state index contributed by atoms with van der Waals surface area (Å²) in [4.78, 5) is 27.6. The van der Waals surface area contributed by atoms with E-state index < -0.39 is 5.82 Å². The molecule has 8 heteroatoms. The van der Waals surface area contributed by atoms with Crippen molar-refractivity contribution in [3.8, 4) is 0 Å². The zero-order chi connectivity index (χ0) is 22.9. The molecule has 0 aliphatic carbocycles. The normalized spacial score (nSPS) is 22.0. The van der Waals surface area contributed by atoms with Gasteiger partial charge in [-0.25, -0.2) is 14.4 Å². The van der Waals surface area contributed by atoms with Crippen molar-refractivity contribution in [3.05, 3.63) is 59.5 Å². The lowest BCUT2D eigenvalue weighted by Crippen LogP contribution is -2.59. The van der Waals surface area contributed by atoms with Crippen LogP contribution in [0.25, 0.3) is 15.7 Å². The minimum absolute atomic E-state index is 0.166. The molecule has 2 unspecified atom stereocenters.